The number of ether oxygens (including phenoxy) is 4. The van der Waals surface area contributed by atoms with E-state index in [0.29, 0.717) is 0 Å². The molecule has 3 saturated heterocycles. The van der Waals surface area contributed by atoms with E-state index in [-0.39, 0.29) is 24.3 Å². The first-order chi connectivity index (χ1) is 13.7. The number of phenols is 2. The molecular weight excluding hydrogens is 412 g/mol. The Hall–Kier alpha value is -2.11. The van der Waals surface area contributed by atoms with Gasteiger partial charge in [-0.2, -0.15) is 0 Å². The molecule has 0 radical (unpaired) electrons. The first-order valence-electron chi connectivity index (χ1n) is 8.91. The number of benzene rings is 1. The number of carbonyl (C=O) groups excluding carboxylic acids is 2. The molecule has 3 heterocycles. The molecule has 0 amide bonds. The van der Waals surface area contributed by atoms with Crippen LogP contribution in [0.4, 0.5) is 0 Å². The predicted octanol–water partition coefficient (Wildman–Crippen LogP) is -0.154. The lowest BCUT2D eigenvalue weighted by molar-refractivity contribution is -0.275. The van der Waals surface area contributed by atoms with Crippen molar-refractivity contribution < 1.29 is 49.0 Å². The molecule has 4 fully saturated rings. The van der Waals surface area contributed by atoms with E-state index >= 15 is 0 Å². The largest absolute Gasteiger partial charge is 0.504 e. The van der Waals surface area contributed by atoms with Crippen molar-refractivity contribution in [2.75, 3.05) is 13.2 Å². The van der Waals surface area contributed by atoms with Crippen molar-refractivity contribution in [3.8, 4) is 11.5 Å². The van der Waals surface area contributed by atoms with Crippen LogP contribution < -0.4 is 0 Å². The third-order valence-corrected chi connectivity index (χ3v) is 6.23. The van der Waals surface area contributed by atoms with Crippen molar-refractivity contribution in [2.24, 2.45) is 11.8 Å². The fourth-order valence-corrected chi connectivity index (χ4v) is 4.70. The third kappa shape index (κ3) is 3.30. The van der Waals surface area contributed by atoms with Crippen LogP contribution in [0.5, 0.6) is 11.5 Å². The summed E-state index contributed by atoms with van der Waals surface area (Å²) in [5, 5.41) is 38.0. The number of aliphatic hydroxyl groups is 2. The zero-order valence-electron chi connectivity index (χ0n) is 14.9. The van der Waals surface area contributed by atoms with E-state index in [1.807, 2.05) is 0 Å². The molecule has 7 atom stereocenters. The van der Waals surface area contributed by atoms with Crippen LogP contribution in [-0.2, 0) is 23.7 Å². The Kier molecular flexibility index (Phi) is 5.07. The van der Waals surface area contributed by atoms with Gasteiger partial charge < -0.3 is 39.4 Å². The van der Waals surface area contributed by atoms with Gasteiger partial charge in [0, 0.05) is 12.3 Å². The van der Waals surface area contributed by atoms with Crippen LogP contribution >= 0.6 is 11.6 Å². The summed E-state index contributed by atoms with van der Waals surface area (Å²) in [4.78, 5) is 24.1. The van der Waals surface area contributed by atoms with Crippen molar-refractivity contribution in [1.29, 1.82) is 0 Å². The lowest BCUT2D eigenvalue weighted by Crippen LogP contribution is -2.51. The summed E-state index contributed by atoms with van der Waals surface area (Å²) in [6, 6.07) is 3.46. The minimum absolute atomic E-state index is 0.0173. The Morgan fingerprint density at radius 1 is 1.24 bits per heavy atom. The van der Waals surface area contributed by atoms with Gasteiger partial charge >= 0.3 is 11.9 Å². The van der Waals surface area contributed by atoms with Gasteiger partial charge in [-0.15, -0.1) is 11.6 Å². The Balaban J connectivity index is 1.60. The van der Waals surface area contributed by atoms with Crippen molar-refractivity contribution in [3.05, 3.63) is 23.8 Å². The first-order valence-corrected chi connectivity index (χ1v) is 9.35. The number of halogens is 1. The molecule has 0 unspecified atom stereocenters. The third-order valence-electron chi connectivity index (χ3n) is 5.60. The number of alkyl halides is 1. The summed E-state index contributed by atoms with van der Waals surface area (Å²) in [7, 11) is 0. The molecule has 4 bridgehead atoms. The highest BCUT2D eigenvalue weighted by atomic mass is 35.5. The van der Waals surface area contributed by atoms with E-state index in [1.54, 1.807) is 0 Å². The number of hydrogen-bond acceptors (Lipinski definition) is 10. The number of esters is 2. The van der Waals surface area contributed by atoms with E-state index in [0.717, 1.165) is 12.1 Å². The Morgan fingerprint density at radius 2 is 2.00 bits per heavy atom. The van der Waals surface area contributed by atoms with Crippen LogP contribution in [0.25, 0.3) is 0 Å². The second-order valence-corrected chi connectivity index (χ2v) is 7.75. The number of fused-ring (bicyclic) bond motifs is 2. The molecule has 29 heavy (non-hydrogen) atoms. The average molecular weight is 431 g/mol. The first kappa shape index (κ1) is 20.2. The molecule has 5 rings (SSSR count). The highest BCUT2D eigenvalue weighted by Crippen LogP contribution is 2.54. The maximum absolute atomic E-state index is 12.6. The van der Waals surface area contributed by atoms with Crippen LogP contribution in [0.2, 0.25) is 0 Å². The van der Waals surface area contributed by atoms with Crippen molar-refractivity contribution in [2.45, 2.75) is 36.1 Å². The van der Waals surface area contributed by atoms with E-state index in [4.69, 9.17) is 35.7 Å². The molecule has 4 N–H and O–H groups in total. The average Bonchev–Trinajstić information content (AvgIpc) is 2.82. The van der Waals surface area contributed by atoms with Gasteiger partial charge in [-0.3, -0.25) is 0 Å². The van der Waals surface area contributed by atoms with Crippen LogP contribution in [-0.4, -0.2) is 75.2 Å². The maximum Gasteiger partial charge on any atom is 0.338 e. The lowest BCUT2D eigenvalue weighted by Gasteiger charge is -2.37. The van der Waals surface area contributed by atoms with Gasteiger partial charge in [0.2, 0.25) is 6.29 Å². The second-order valence-electron chi connectivity index (χ2n) is 7.28. The van der Waals surface area contributed by atoms with E-state index in [2.05, 4.69) is 0 Å². The van der Waals surface area contributed by atoms with Gasteiger partial charge in [-0.05, 0) is 18.2 Å². The van der Waals surface area contributed by atoms with Gasteiger partial charge in [0.25, 0.3) is 0 Å². The summed E-state index contributed by atoms with van der Waals surface area (Å²) >= 11 is 6.47. The highest BCUT2D eigenvalue weighted by molar-refractivity contribution is 6.22. The monoisotopic (exact) mass is 430 g/mol. The zero-order chi connectivity index (χ0) is 20.9. The molecule has 3 aliphatic heterocycles. The fraction of sp³-hybridized carbons (Fsp3) is 0.556. The van der Waals surface area contributed by atoms with Crippen LogP contribution in [0.3, 0.4) is 0 Å². The Morgan fingerprint density at radius 3 is 2.69 bits per heavy atom. The van der Waals surface area contributed by atoms with E-state index in [9.17, 15) is 24.9 Å². The van der Waals surface area contributed by atoms with Crippen molar-refractivity contribution in [3.63, 3.8) is 0 Å². The maximum atomic E-state index is 12.6. The zero-order valence-corrected chi connectivity index (χ0v) is 15.7. The summed E-state index contributed by atoms with van der Waals surface area (Å²) in [6.07, 6.45) is -2.76. The summed E-state index contributed by atoms with van der Waals surface area (Å²) in [5.74, 6) is -4.02. The summed E-state index contributed by atoms with van der Waals surface area (Å²) < 4.78 is 21.7. The molecule has 1 aromatic rings. The fourth-order valence-electron chi connectivity index (χ4n) is 4.26. The summed E-state index contributed by atoms with van der Waals surface area (Å²) in [5.41, 5.74) is -1.73. The minimum Gasteiger partial charge on any atom is -0.504 e. The molecular formula is C18H19ClO10. The molecule has 1 saturated carbocycles. The molecule has 158 valence electrons. The van der Waals surface area contributed by atoms with E-state index in [1.165, 1.54) is 6.07 Å². The molecule has 1 aliphatic carbocycles. The van der Waals surface area contributed by atoms with Crippen LogP contribution in [0.15, 0.2) is 18.2 Å². The number of aromatic hydroxyl groups is 2. The summed E-state index contributed by atoms with van der Waals surface area (Å²) in [6.45, 7) is -1.08. The smallest absolute Gasteiger partial charge is 0.338 e. The molecule has 4 aliphatic rings. The number of hydrogen-bond donors (Lipinski definition) is 4. The number of carbonyl (C=O) groups is 2. The normalized spacial score (nSPS) is 37.8. The molecule has 0 spiro atoms. The Bertz CT molecular complexity index is 831. The van der Waals surface area contributed by atoms with Gasteiger partial charge in [-0.1, -0.05) is 0 Å². The number of phenolic OH excluding ortho intramolecular Hbond substituents is 2. The number of rotatable bonds is 4. The SMILES string of the molecule is O=C(CO)O[C@@H]1O[C@@H]2C[C@H]3[C@H](OC(=O)c4ccc(O)c(O)c4)[C@@H](Cl)[C@@](O)(CO2)[C@@H]13. The second kappa shape index (κ2) is 7.29. The molecule has 10 nitrogen and oxygen atoms in total. The van der Waals surface area contributed by atoms with Gasteiger partial charge in [0.05, 0.1) is 18.1 Å². The quantitative estimate of drug-likeness (QED) is 0.288. The van der Waals surface area contributed by atoms with Crippen LogP contribution in [0, 0.1) is 11.8 Å². The number of aliphatic hydroxyl groups excluding tert-OH is 1. The Labute approximate surface area is 169 Å². The standard InChI is InChI=1S/C18H19ClO10/c19-15-14(29-16(24)7-1-2-9(21)10(22)3-7)8-4-12-26-6-18(15,25)13(8)17(28-12)27-11(23)5-20/h1-3,8,12-15,17,20-22,25H,4-6H2/t8-,12-,13-,14+,15-,17-,18-/m1/s1. The topological polar surface area (TPSA) is 152 Å². The van der Waals surface area contributed by atoms with Gasteiger partial charge in [-0.25, -0.2) is 9.59 Å². The highest BCUT2D eigenvalue weighted by Gasteiger charge is 2.68. The molecule has 0 aromatic heterocycles. The van der Waals surface area contributed by atoms with Crippen molar-refractivity contribution in [1.82, 2.24) is 0 Å². The minimum atomic E-state index is -1.71. The lowest BCUT2D eigenvalue weighted by atomic mass is 9.83. The van der Waals surface area contributed by atoms with E-state index < -0.39 is 65.8 Å². The van der Waals surface area contributed by atoms with Gasteiger partial charge in [0.1, 0.15) is 23.7 Å². The van der Waals surface area contributed by atoms with Gasteiger partial charge in [0.15, 0.2) is 17.8 Å². The molecule has 1 aromatic carbocycles. The predicted molar refractivity (Wildman–Crippen MR) is 93.0 cm³/mol. The van der Waals surface area contributed by atoms with Crippen LogP contribution in [0.1, 0.15) is 16.8 Å². The molecule has 11 heteroatoms. The van der Waals surface area contributed by atoms with Crippen molar-refractivity contribution >= 4 is 23.5 Å².